The van der Waals surface area contributed by atoms with Crippen LogP contribution < -0.4 is 0 Å². The fraction of sp³-hybridized carbons (Fsp3) is 1.00. The Balaban J connectivity index is 1.58. The molecule has 1 unspecified atom stereocenters. The number of nitrogens with zero attached hydrogens (tertiary/aromatic N) is 1. The van der Waals surface area contributed by atoms with E-state index in [9.17, 15) is 10.2 Å². The molecule has 88 valence electrons. The minimum absolute atomic E-state index is 0.461. The summed E-state index contributed by atoms with van der Waals surface area (Å²) < 4.78 is 5.54. The molecule has 0 saturated carbocycles. The summed E-state index contributed by atoms with van der Waals surface area (Å²) in [7, 11) is 0. The molecule has 0 radical (unpaired) electrons. The van der Waals surface area contributed by atoms with Crippen molar-refractivity contribution in [2.45, 2.75) is 44.0 Å². The second-order valence-electron chi connectivity index (χ2n) is 4.67. The van der Waals surface area contributed by atoms with Gasteiger partial charge in [0.1, 0.15) is 0 Å². The summed E-state index contributed by atoms with van der Waals surface area (Å²) in [6.07, 6.45) is 3.98. The smallest absolute Gasteiger partial charge is 0.0938 e. The van der Waals surface area contributed by atoms with Gasteiger partial charge >= 0.3 is 0 Å². The van der Waals surface area contributed by atoms with Gasteiger partial charge in [-0.25, -0.2) is 0 Å². The van der Waals surface area contributed by atoms with Crippen LogP contribution in [0, 0.1) is 0 Å². The van der Waals surface area contributed by atoms with Gasteiger partial charge in [0, 0.05) is 19.7 Å². The van der Waals surface area contributed by atoms with Crippen molar-refractivity contribution < 1.29 is 14.9 Å². The van der Waals surface area contributed by atoms with Crippen molar-refractivity contribution in [2.75, 3.05) is 26.2 Å². The van der Waals surface area contributed by atoms with Gasteiger partial charge in [-0.1, -0.05) is 0 Å². The molecular weight excluding hydrogens is 194 g/mol. The lowest BCUT2D eigenvalue weighted by atomic mass is 10.1. The predicted molar refractivity (Wildman–Crippen MR) is 56.7 cm³/mol. The lowest BCUT2D eigenvalue weighted by Crippen LogP contribution is -2.24. The van der Waals surface area contributed by atoms with Crippen LogP contribution in [0.3, 0.4) is 0 Å². The summed E-state index contributed by atoms with van der Waals surface area (Å²) in [6.45, 7) is 3.12. The molecule has 2 aliphatic rings. The maximum Gasteiger partial charge on any atom is 0.0938 e. The third-order valence-electron chi connectivity index (χ3n) is 3.36. The number of ether oxygens (including phenoxy) is 1. The van der Waals surface area contributed by atoms with E-state index in [1.54, 1.807) is 0 Å². The average molecular weight is 215 g/mol. The van der Waals surface area contributed by atoms with E-state index in [1.165, 1.54) is 12.8 Å². The summed E-state index contributed by atoms with van der Waals surface area (Å²) in [6, 6.07) is 0. The van der Waals surface area contributed by atoms with Gasteiger partial charge in [-0.15, -0.1) is 0 Å². The van der Waals surface area contributed by atoms with Crippen LogP contribution in [0.4, 0.5) is 0 Å². The van der Waals surface area contributed by atoms with E-state index in [0.29, 0.717) is 19.2 Å². The second-order valence-corrected chi connectivity index (χ2v) is 4.67. The Labute approximate surface area is 90.8 Å². The first-order chi connectivity index (χ1) is 7.25. The Morgan fingerprint density at radius 1 is 1.20 bits per heavy atom. The van der Waals surface area contributed by atoms with Gasteiger partial charge in [0.2, 0.25) is 0 Å². The van der Waals surface area contributed by atoms with Crippen LogP contribution in [0.5, 0.6) is 0 Å². The highest BCUT2D eigenvalue weighted by Crippen LogP contribution is 2.18. The van der Waals surface area contributed by atoms with E-state index in [4.69, 9.17) is 4.74 Å². The van der Waals surface area contributed by atoms with Gasteiger partial charge < -0.3 is 14.9 Å². The molecule has 0 spiro atoms. The van der Waals surface area contributed by atoms with Gasteiger partial charge in [-0.2, -0.15) is 0 Å². The standard InChI is InChI=1S/C11H21NO3/c13-10-7-12(8-11(10)14)5-1-3-9-4-2-6-15-9/h9-11,13-14H,1-8H2/t9?,10-,11+. The summed E-state index contributed by atoms with van der Waals surface area (Å²) in [5.41, 5.74) is 0. The molecule has 2 fully saturated rings. The van der Waals surface area contributed by atoms with Crippen LogP contribution in [0.25, 0.3) is 0 Å². The van der Waals surface area contributed by atoms with Crippen molar-refractivity contribution in [3.05, 3.63) is 0 Å². The molecule has 2 heterocycles. The zero-order chi connectivity index (χ0) is 10.7. The molecule has 3 atom stereocenters. The lowest BCUT2D eigenvalue weighted by molar-refractivity contribution is 0.0572. The van der Waals surface area contributed by atoms with Crippen molar-refractivity contribution in [1.82, 2.24) is 4.90 Å². The average Bonchev–Trinajstić information content (AvgIpc) is 2.79. The van der Waals surface area contributed by atoms with Crippen LogP contribution in [0.2, 0.25) is 0 Å². The zero-order valence-electron chi connectivity index (χ0n) is 9.14. The number of likely N-dealkylation sites (tertiary alicyclic amines) is 1. The summed E-state index contributed by atoms with van der Waals surface area (Å²) in [5, 5.41) is 18.7. The Bertz CT molecular complexity index is 184. The number of β-amino-alcohol motifs (C(OH)–C–C–N with tert-alkyl or cyclic N) is 2. The van der Waals surface area contributed by atoms with Crippen LogP contribution in [0.1, 0.15) is 25.7 Å². The maximum absolute atomic E-state index is 9.36. The molecule has 0 aliphatic carbocycles. The van der Waals surface area contributed by atoms with Crippen LogP contribution >= 0.6 is 0 Å². The van der Waals surface area contributed by atoms with Gasteiger partial charge in [0.25, 0.3) is 0 Å². The Morgan fingerprint density at radius 3 is 2.53 bits per heavy atom. The molecule has 0 aromatic heterocycles. The fourth-order valence-corrected chi connectivity index (χ4v) is 2.44. The van der Waals surface area contributed by atoms with Gasteiger partial charge in [-0.05, 0) is 32.2 Å². The van der Waals surface area contributed by atoms with Gasteiger partial charge in [0.05, 0.1) is 18.3 Å². The minimum Gasteiger partial charge on any atom is -0.389 e. The normalized spacial score (nSPS) is 37.6. The van der Waals surface area contributed by atoms with Crippen molar-refractivity contribution in [1.29, 1.82) is 0 Å². The molecule has 0 amide bonds. The van der Waals surface area contributed by atoms with E-state index < -0.39 is 12.2 Å². The Morgan fingerprint density at radius 2 is 1.93 bits per heavy atom. The molecule has 0 aromatic carbocycles. The fourth-order valence-electron chi connectivity index (χ4n) is 2.44. The van der Waals surface area contributed by atoms with Crippen LogP contribution in [0.15, 0.2) is 0 Å². The first-order valence-corrected chi connectivity index (χ1v) is 5.96. The lowest BCUT2D eigenvalue weighted by Gasteiger charge is -2.15. The first-order valence-electron chi connectivity index (χ1n) is 5.96. The van der Waals surface area contributed by atoms with Crippen molar-refractivity contribution in [3.63, 3.8) is 0 Å². The number of aliphatic hydroxyl groups is 2. The van der Waals surface area contributed by atoms with Crippen molar-refractivity contribution >= 4 is 0 Å². The maximum atomic E-state index is 9.36. The number of hydrogen-bond acceptors (Lipinski definition) is 4. The highest BCUT2D eigenvalue weighted by molar-refractivity contribution is 4.83. The topological polar surface area (TPSA) is 52.9 Å². The summed E-state index contributed by atoms with van der Waals surface area (Å²) in [4.78, 5) is 2.13. The molecule has 4 nitrogen and oxygen atoms in total. The quantitative estimate of drug-likeness (QED) is 0.692. The van der Waals surface area contributed by atoms with Gasteiger partial charge in [-0.3, -0.25) is 4.90 Å². The third kappa shape index (κ3) is 3.14. The molecule has 4 heteroatoms. The molecule has 0 aromatic rings. The Kier molecular flexibility index (Phi) is 3.97. The van der Waals surface area contributed by atoms with E-state index in [1.807, 2.05) is 0 Å². The largest absolute Gasteiger partial charge is 0.389 e. The highest BCUT2D eigenvalue weighted by atomic mass is 16.5. The number of rotatable bonds is 4. The van der Waals surface area contributed by atoms with E-state index >= 15 is 0 Å². The third-order valence-corrected chi connectivity index (χ3v) is 3.36. The molecule has 2 N–H and O–H groups in total. The molecule has 0 bridgehead atoms. The summed E-state index contributed by atoms with van der Waals surface area (Å²) in [5.74, 6) is 0. The van der Waals surface area contributed by atoms with Crippen molar-refractivity contribution in [3.8, 4) is 0 Å². The van der Waals surface area contributed by atoms with Crippen LogP contribution in [-0.4, -0.2) is 59.7 Å². The van der Waals surface area contributed by atoms with E-state index in [2.05, 4.69) is 4.90 Å². The summed E-state index contributed by atoms with van der Waals surface area (Å²) >= 11 is 0. The van der Waals surface area contributed by atoms with Crippen LogP contribution in [-0.2, 0) is 4.74 Å². The monoisotopic (exact) mass is 215 g/mol. The van der Waals surface area contributed by atoms with E-state index in [0.717, 1.165) is 26.0 Å². The molecule has 15 heavy (non-hydrogen) atoms. The number of aliphatic hydroxyl groups excluding tert-OH is 2. The van der Waals surface area contributed by atoms with Crippen molar-refractivity contribution in [2.24, 2.45) is 0 Å². The highest BCUT2D eigenvalue weighted by Gasteiger charge is 2.29. The van der Waals surface area contributed by atoms with E-state index in [-0.39, 0.29) is 0 Å². The SMILES string of the molecule is O[C@@H]1CN(CCCC2CCCO2)C[C@@H]1O. The first kappa shape index (κ1) is 11.3. The van der Waals surface area contributed by atoms with Gasteiger partial charge in [0.15, 0.2) is 0 Å². The predicted octanol–water partition coefficient (Wildman–Crippen LogP) is -0.0170. The second kappa shape index (κ2) is 5.25. The number of hydrogen-bond donors (Lipinski definition) is 2. The molecular formula is C11H21NO3. The molecule has 2 saturated heterocycles. The molecule has 2 aliphatic heterocycles. The zero-order valence-corrected chi connectivity index (χ0v) is 9.14. The minimum atomic E-state index is -0.548. The Hall–Kier alpha value is -0.160. The molecule has 2 rings (SSSR count).